The van der Waals surface area contributed by atoms with Crippen LogP contribution in [0, 0.1) is 5.92 Å². The van der Waals surface area contributed by atoms with Gasteiger partial charge in [0.15, 0.2) is 0 Å². The Morgan fingerprint density at radius 1 is 0.931 bits per heavy atom. The van der Waals surface area contributed by atoms with E-state index < -0.39 is 29.4 Å². The summed E-state index contributed by atoms with van der Waals surface area (Å²) in [5.41, 5.74) is -1.62. The van der Waals surface area contributed by atoms with E-state index in [1.54, 1.807) is 0 Å². The second-order valence-corrected chi connectivity index (χ2v) is 7.74. The molecule has 0 spiro atoms. The van der Waals surface area contributed by atoms with Crippen molar-refractivity contribution in [3.63, 3.8) is 0 Å². The Labute approximate surface area is 175 Å². The minimum absolute atomic E-state index is 0.249. The highest BCUT2D eigenvalue weighted by atomic mass is 16.6. The second-order valence-electron chi connectivity index (χ2n) is 7.74. The molecule has 1 aliphatic carbocycles. The first-order valence-electron chi connectivity index (χ1n) is 11.2. The van der Waals surface area contributed by atoms with Gasteiger partial charge in [-0.2, -0.15) is 0 Å². The van der Waals surface area contributed by atoms with E-state index in [1.165, 1.54) is 6.42 Å². The Bertz CT molecular complexity index is 529. The molecule has 29 heavy (non-hydrogen) atoms. The molecule has 2 unspecified atom stereocenters. The van der Waals surface area contributed by atoms with Crippen molar-refractivity contribution in [3.8, 4) is 0 Å². The number of esters is 3. The van der Waals surface area contributed by atoms with E-state index in [-0.39, 0.29) is 13.0 Å². The van der Waals surface area contributed by atoms with E-state index in [9.17, 15) is 14.4 Å². The maximum atomic E-state index is 13.0. The second kappa shape index (κ2) is 14.2. The SMILES string of the molecule is C=CC(=O)OC1(C(=O)OCCCCC)CCCCC1C(=O)OCCCCCCC. The van der Waals surface area contributed by atoms with E-state index in [0.29, 0.717) is 19.4 Å². The van der Waals surface area contributed by atoms with E-state index >= 15 is 0 Å². The lowest BCUT2D eigenvalue weighted by atomic mass is 9.75. The number of hydrogen-bond acceptors (Lipinski definition) is 6. The Morgan fingerprint density at radius 2 is 1.55 bits per heavy atom. The van der Waals surface area contributed by atoms with Crippen LogP contribution in [-0.4, -0.2) is 36.7 Å². The molecule has 1 aliphatic rings. The number of unbranched alkanes of at least 4 members (excludes halogenated alkanes) is 6. The zero-order valence-corrected chi connectivity index (χ0v) is 18.2. The summed E-state index contributed by atoms with van der Waals surface area (Å²) in [4.78, 5) is 37.8. The Hall–Kier alpha value is -1.85. The quantitative estimate of drug-likeness (QED) is 0.176. The number of ether oxygens (including phenoxy) is 3. The van der Waals surface area contributed by atoms with Gasteiger partial charge in [-0.15, -0.1) is 0 Å². The van der Waals surface area contributed by atoms with Crippen LogP contribution in [0.2, 0.25) is 0 Å². The zero-order chi connectivity index (χ0) is 21.5. The molecular weight excluding hydrogens is 372 g/mol. The highest BCUT2D eigenvalue weighted by Gasteiger charge is 2.55. The summed E-state index contributed by atoms with van der Waals surface area (Å²) in [5.74, 6) is -2.69. The first-order valence-corrected chi connectivity index (χ1v) is 11.2. The third-order valence-electron chi connectivity index (χ3n) is 5.41. The van der Waals surface area contributed by atoms with Gasteiger partial charge in [0, 0.05) is 6.08 Å². The van der Waals surface area contributed by atoms with Gasteiger partial charge in [-0.3, -0.25) is 4.79 Å². The number of carbonyl (C=O) groups is 3. The van der Waals surface area contributed by atoms with Gasteiger partial charge in [0.05, 0.1) is 13.2 Å². The van der Waals surface area contributed by atoms with Crippen LogP contribution in [0.15, 0.2) is 12.7 Å². The molecule has 2 atom stereocenters. The molecule has 1 rings (SSSR count). The van der Waals surface area contributed by atoms with Crippen LogP contribution in [0.4, 0.5) is 0 Å². The Morgan fingerprint density at radius 3 is 2.24 bits per heavy atom. The topological polar surface area (TPSA) is 78.9 Å². The van der Waals surface area contributed by atoms with Crippen LogP contribution < -0.4 is 0 Å². The summed E-state index contributed by atoms with van der Waals surface area (Å²) in [6, 6.07) is 0. The van der Waals surface area contributed by atoms with Gasteiger partial charge in [0.25, 0.3) is 0 Å². The fourth-order valence-corrected chi connectivity index (χ4v) is 3.70. The largest absolute Gasteiger partial charge is 0.465 e. The lowest BCUT2D eigenvalue weighted by molar-refractivity contribution is -0.198. The van der Waals surface area contributed by atoms with Crippen molar-refractivity contribution < 1.29 is 28.6 Å². The first-order chi connectivity index (χ1) is 14.0. The molecule has 6 nitrogen and oxygen atoms in total. The third-order valence-corrected chi connectivity index (χ3v) is 5.41. The molecule has 0 radical (unpaired) electrons. The number of hydrogen-bond donors (Lipinski definition) is 0. The summed E-state index contributed by atoms with van der Waals surface area (Å²) >= 11 is 0. The summed E-state index contributed by atoms with van der Waals surface area (Å²) in [6.45, 7) is 8.19. The van der Waals surface area contributed by atoms with Gasteiger partial charge >= 0.3 is 17.9 Å². The molecule has 0 heterocycles. The molecule has 6 heteroatoms. The van der Waals surface area contributed by atoms with Crippen LogP contribution in [0.3, 0.4) is 0 Å². The van der Waals surface area contributed by atoms with Crippen molar-refractivity contribution in [2.75, 3.05) is 13.2 Å². The molecule has 166 valence electrons. The predicted octanol–water partition coefficient (Wildman–Crippen LogP) is 4.89. The van der Waals surface area contributed by atoms with Crippen molar-refractivity contribution in [2.24, 2.45) is 5.92 Å². The monoisotopic (exact) mass is 410 g/mol. The lowest BCUT2D eigenvalue weighted by Crippen LogP contribution is -2.55. The molecule has 0 aliphatic heterocycles. The van der Waals surface area contributed by atoms with Gasteiger partial charge in [0.2, 0.25) is 5.60 Å². The molecule has 0 saturated heterocycles. The van der Waals surface area contributed by atoms with Crippen LogP contribution in [-0.2, 0) is 28.6 Å². The fourth-order valence-electron chi connectivity index (χ4n) is 3.70. The Kier molecular flexibility index (Phi) is 12.3. The van der Waals surface area contributed by atoms with Crippen molar-refractivity contribution >= 4 is 17.9 Å². The number of rotatable bonds is 14. The average Bonchev–Trinajstić information content (AvgIpc) is 2.73. The van der Waals surface area contributed by atoms with E-state index in [0.717, 1.165) is 57.4 Å². The molecule has 0 N–H and O–H groups in total. The van der Waals surface area contributed by atoms with Crippen LogP contribution in [0.25, 0.3) is 0 Å². The highest BCUT2D eigenvalue weighted by Crippen LogP contribution is 2.39. The van der Waals surface area contributed by atoms with Crippen molar-refractivity contribution in [1.82, 2.24) is 0 Å². The van der Waals surface area contributed by atoms with Gasteiger partial charge in [-0.05, 0) is 32.1 Å². The minimum Gasteiger partial charge on any atom is -0.465 e. The molecule has 0 aromatic heterocycles. The molecule has 0 amide bonds. The summed E-state index contributed by atoms with van der Waals surface area (Å²) in [5, 5.41) is 0. The summed E-state index contributed by atoms with van der Waals surface area (Å²) in [7, 11) is 0. The van der Waals surface area contributed by atoms with Crippen molar-refractivity contribution in [2.45, 2.75) is 96.5 Å². The third kappa shape index (κ3) is 8.19. The van der Waals surface area contributed by atoms with Crippen LogP contribution >= 0.6 is 0 Å². The molecule has 0 aromatic carbocycles. The zero-order valence-electron chi connectivity index (χ0n) is 18.2. The van der Waals surface area contributed by atoms with Gasteiger partial charge < -0.3 is 14.2 Å². The maximum Gasteiger partial charge on any atom is 0.351 e. The van der Waals surface area contributed by atoms with Crippen molar-refractivity contribution in [3.05, 3.63) is 12.7 Å². The fraction of sp³-hybridized carbons (Fsp3) is 0.783. The molecule has 1 fully saturated rings. The van der Waals surface area contributed by atoms with Crippen LogP contribution in [0.5, 0.6) is 0 Å². The highest BCUT2D eigenvalue weighted by molar-refractivity contribution is 5.92. The average molecular weight is 411 g/mol. The van der Waals surface area contributed by atoms with Gasteiger partial charge in [-0.1, -0.05) is 65.4 Å². The molecule has 0 bridgehead atoms. The molecular formula is C23H38O6. The number of carbonyl (C=O) groups excluding carboxylic acids is 3. The normalized spacial score (nSPS) is 21.2. The lowest BCUT2D eigenvalue weighted by Gasteiger charge is -2.39. The first kappa shape index (κ1) is 25.2. The van der Waals surface area contributed by atoms with Crippen LogP contribution in [0.1, 0.15) is 90.9 Å². The van der Waals surface area contributed by atoms with Gasteiger partial charge in [-0.25, -0.2) is 9.59 Å². The van der Waals surface area contributed by atoms with E-state index in [4.69, 9.17) is 14.2 Å². The standard InChI is InChI=1S/C23H38O6/c1-4-7-9-10-14-17-27-21(25)19-15-11-12-16-23(19,29-20(24)6-3)22(26)28-18-13-8-5-2/h6,19H,3-5,7-18H2,1-2H3. The Balaban J connectivity index is 2.82. The van der Waals surface area contributed by atoms with E-state index in [1.807, 2.05) is 0 Å². The van der Waals surface area contributed by atoms with E-state index in [2.05, 4.69) is 20.4 Å². The molecule has 1 saturated carbocycles. The summed E-state index contributed by atoms with van der Waals surface area (Å²) < 4.78 is 16.4. The summed E-state index contributed by atoms with van der Waals surface area (Å²) in [6.07, 6.45) is 11.1. The van der Waals surface area contributed by atoms with Crippen molar-refractivity contribution in [1.29, 1.82) is 0 Å². The van der Waals surface area contributed by atoms with Gasteiger partial charge in [0.1, 0.15) is 5.92 Å². The molecule has 0 aromatic rings. The predicted molar refractivity (Wildman–Crippen MR) is 111 cm³/mol. The smallest absolute Gasteiger partial charge is 0.351 e. The maximum absolute atomic E-state index is 13.0. The minimum atomic E-state index is -1.62.